The summed E-state index contributed by atoms with van der Waals surface area (Å²) in [6.45, 7) is 1.85. The maximum atomic E-state index is 9.29. The summed E-state index contributed by atoms with van der Waals surface area (Å²) in [6.07, 6.45) is 5.33. The minimum atomic E-state index is 0.518. The molecule has 2 rings (SSSR count). The van der Waals surface area contributed by atoms with Crippen LogP contribution in [0.3, 0.4) is 0 Å². The molecule has 0 saturated carbocycles. The van der Waals surface area contributed by atoms with Gasteiger partial charge < -0.3 is 5.21 Å². The minimum Gasteiger partial charge on any atom is -0.410 e. The first-order chi connectivity index (χ1) is 8.76. The Morgan fingerprint density at radius 3 is 2.50 bits per heavy atom. The van der Waals surface area contributed by atoms with E-state index in [0.717, 1.165) is 16.7 Å². The van der Waals surface area contributed by atoms with Crippen molar-refractivity contribution in [3.8, 4) is 6.07 Å². The van der Waals surface area contributed by atoms with Crippen LogP contribution in [0.15, 0.2) is 64.9 Å². The second kappa shape index (κ2) is 5.15. The second-order valence-corrected chi connectivity index (χ2v) is 3.95. The SMILES string of the molecule is CC1=CC(=C(/C#N)c2ccccc2)/C=CC/1=N\O. The average molecular weight is 236 g/mol. The van der Waals surface area contributed by atoms with Crippen LogP contribution in [0.25, 0.3) is 5.57 Å². The topological polar surface area (TPSA) is 56.4 Å². The maximum Gasteiger partial charge on any atom is 0.105 e. The molecular formula is C15H12N2O. The molecular weight excluding hydrogens is 224 g/mol. The first-order valence-corrected chi connectivity index (χ1v) is 5.55. The van der Waals surface area contributed by atoms with Gasteiger partial charge in [-0.25, -0.2) is 0 Å². The lowest BCUT2D eigenvalue weighted by Gasteiger charge is -2.09. The molecule has 88 valence electrons. The average Bonchev–Trinajstić information content (AvgIpc) is 2.41. The van der Waals surface area contributed by atoms with Gasteiger partial charge in [-0.3, -0.25) is 0 Å². The fourth-order valence-corrected chi connectivity index (χ4v) is 1.82. The molecule has 3 heteroatoms. The van der Waals surface area contributed by atoms with Crippen molar-refractivity contribution in [1.29, 1.82) is 5.26 Å². The Kier molecular flexibility index (Phi) is 3.40. The van der Waals surface area contributed by atoms with Crippen molar-refractivity contribution in [2.75, 3.05) is 0 Å². The van der Waals surface area contributed by atoms with E-state index < -0.39 is 0 Å². The molecule has 1 aliphatic rings. The lowest BCUT2D eigenvalue weighted by molar-refractivity contribution is 0.319. The minimum absolute atomic E-state index is 0.518. The molecule has 0 bridgehead atoms. The highest BCUT2D eigenvalue weighted by molar-refractivity contribution is 6.10. The Hall–Kier alpha value is -2.60. The lowest BCUT2D eigenvalue weighted by Crippen LogP contribution is -2.01. The van der Waals surface area contributed by atoms with Crippen LogP contribution in [-0.4, -0.2) is 10.9 Å². The summed E-state index contributed by atoms with van der Waals surface area (Å²) in [6, 6.07) is 11.7. The van der Waals surface area contributed by atoms with Crippen LogP contribution in [0.1, 0.15) is 12.5 Å². The van der Waals surface area contributed by atoms with E-state index >= 15 is 0 Å². The standard InChI is InChI=1S/C15H12N2O/c1-11-9-13(7-8-15(11)17-18)14(10-16)12-5-3-2-4-6-12/h2-9,18H,1H3/b14-13-,17-15+. The van der Waals surface area contributed by atoms with E-state index in [1.54, 1.807) is 12.2 Å². The van der Waals surface area contributed by atoms with Crippen LogP contribution in [-0.2, 0) is 0 Å². The third kappa shape index (κ3) is 2.23. The summed E-state index contributed by atoms with van der Waals surface area (Å²) < 4.78 is 0. The van der Waals surface area contributed by atoms with Crippen LogP contribution in [0.5, 0.6) is 0 Å². The predicted molar refractivity (Wildman–Crippen MR) is 71.1 cm³/mol. The first-order valence-electron chi connectivity index (χ1n) is 5.55. The quantitative estimate of drug-likeness (QED) is 0.462. The Labute approximate surface area is 106 Å². The second-order valence-electron chi connectivity index (χ2n) is 3.95. The van der Waals surface area contributed by atoms with E-state index in [-0.39, 0.29) is 0 Å². The Balaban J connectivity index is 2.52. The van der Waals surface area contributed by atoms with Gasteiger partial charge in [-0.15, -0.1) is 0 Å². The molecule has 0 unspecified atom stereocenters. The van der Waals surface area contributed by atoms with Crippen molar-refractivity contribution in [3.05, 3.63) is 65.3 Å². The molecule has 0 atom stereocenters. The maximum absolute atomic E-state index is 9.29. The van der Waals surface area contributed by atoms with Crippen molar-refractivity contribution in [1.82, 2.24) is 0 Å². The van der Waals surface area contributed by atoms with Crippen molar-refractivity contribution in [3.63, 3.8) is 0 Å². The third-order valence-corrected chi connectivity index (χ3v) is 2.77. The molecule has 1 aromatic rings. The fraction of sp³-hybridized carbons (Fsp3) is 0.0667. The van der Waals surface area contributed by atoms with Gasteiger partial charge in [0, 0.05) is 0 Å². The molecule has 0 heterocycles. The van der Waals surface area contributed by atoms with Crippen molar-refractivity contribution < 1.29 is 5.21 Å². The molecule has 3 nitrogen and oxygen atoms in total. The number of hydrogen-bond donors (Lipinski definition) is 1. The van der Waals surface area contributed by atoms with Gasteiger partial charge in [-0.2, -0.15) is 5.26 Å². The lowest BCUT2D eigenvalue weighted by atomic mass is 9.94. The molecule has 1 aromatic carbocycles. The van der Waals surface area contributed by atoms with Gasteiger partial charge in [0.1, 0.15) is 11.8 Å². The number of nitrogens with zero attached hydrogens (tertiary/aromatic N) is 2. The van der Waals surface area contributed by atoms with Crippen LogP contribution in [0.4, 0.5) is 0 Å². The van der Waals surface area contributed by atoms with E-state index in [2.05, 4.69) is 11.2 Å². The summed E-state index contributed by atoms with van der Waals surface area (Å²) in [4.78, 5) is 0. The predicted octanol–water partition coefficient (Wildman–Crippen LogP) is 3.31. The van der Waals surface area contributed by atoms with E-state index in [1.165, 1.54) is 0 Å². The van der Waals surface area contributed by atoms with Crippen LogP contribution in [0.2, 0.25) is 0 Å². The van der Waals surface area contributed by atoms with Gasteiger partial charge in [0.2, 0.25) is 0 Å². The highest BCUT2D eigenvalue weighted by Crippen LogP contribution is 2.23. The highest BCUT2D eigenvalue weighted by Gasteiger charge is 2.10. The summed E-state index contributed by atoms with van der Waals surface area (Å²) >= 11 is 0. The zero-order valence-electron chi connectivity index (χ0n) is 9.96. The fourth-order valence-electron chi connectivity index (χ4n) is 1.82. The molecule has 0 spiro atoms. The van der Waals surface area contributed by atoms with Crippen molar-refractivity contribution in [2.24, 2.45) is 5.16 Å². The highest BCUT2D eigenvalue weighted by atomic mass is 16.4. The van der Waals surface area contributed by atoms with Crippen LogP contribution in [0, 0.1) is 11.3 Å². The Bertz CT molecular complexity index is 614. The molecule has 0 fully saturated rings. The molecule has 1 aliphatic carbocycles. The van der Waals surface area contributed by atoms with Crippen LogP contribution < -0.4 is 0 Å². The molecule has 1 N–H and O–H groups in total. The molecule has 0 radical (unpaired) electrons. The largest absolute Gasteiger partial charge is 0.410 e. The van der Waals surface area contributed by atoms with Crippen LogP contribution >= 0.6 is 0 Å². The number of oxime groups is 1. The molecule has 18 heavy (non-hydrogen) atoms. The third-order valence-electron chi connectivity index (χ3n) is 2.77. The normalized spacial score (nSPS) is 19.3. The van der Waals surface area contributed by atoms with Gasteiger partial charge >= 0.3 is 0 Å². The first kappa shape index (κ1) is 11.9. The Morgan fingerprint density at radius 2 is 1.94 bits per heavy atom. The molecule has 0 aromatic heterocycles. The van der Waals surface area contributed by atoms with E-state index in [9.17, 15) is 5.26 Å². The monoisotopic (exact) mass is 236 g/mol. The van der Waals surface area contributed by atoms with Gasteiger partial charge in [-0.05, 0) is 35.8 Å². The van der Waals surface area contributed by atoms with Gasteiger partial charge in [-0.1, -0.05) is 41.6 Å². The number of rotatable bonds is 1. The smallest absolute Gasteiger partial charge is 0.105 e. The van der Waals surface area contributed by atoms with E-state index in [0.29, 0.717) is 11.3 Å². The van der Waals surface area contributed by atoms with Crippen molar-refractivity contribution >= 4 is 11.3 Å². The number of allylic oxidation sites excluding steroid dienone is 6. The summed E-state index contributed by atoms with van der Waals surface area (Å²) in [5, 5.41) is 21.2. The van der Waals surface area contributed by atoms with Gasteiger partial charge in [0.05, 0.1) is 5.57 Å². The van der Waals surface area contributed by atoms with E-state index in [4.69, 9.17) is 5.21 Å². The molecule has 0 amide bonds. The van der Waals surface area contributed by atoms with Gasteiger partial charge in [0.15, 0.2) is 0 Å². The molecule has 0 saturated heterocycles. The molecule has 0 aliphatic heterocycles. The Morgan fingerprint density at radius 1 is 1.22 bits per heavy atom. The summed E-state index contributed by atoms with van der Waals surface area (Å²) in [7, 11) is 0. The number of nitriles is 1. The summed E-state index contributed by atoms with van der Waals surface area (Å²) in [5.74, 6) is 0. The van der Waals surface area contributed by atoms with Crippen molar-refractivity contribution in [2.45, 2.75) is 6.92 Å². The number of benzene rings is 1. The zero-order valence-corrected chi connectivity index (χ0v) is 9.96. The zero-order chi connectivity index (χ0) is 13.0. The van der Waals surface area contributed by atoms with E-state index in [1.807, 2.05) is 43.3 Å². The van der Waals surface area contributed by atoms with Gasteiger partial charge in [0.25, 0.3) is 0 Å². The number of hydrogen-bond acceptors (Lipinski definition) is 3. The summed E-state index contributed by atoms with van der Waals surface area (Å²) in [5.41, 5.74) is 3.67.